The van der Waals surface area contributed by atoms with Crippen molar-refractivity contribution >= 4 is 0 Å². The molecule has 2 aromatic rings. The van der Waals surface area contributed by atoms with Crippen LogP contribution < -0.4 is 0 Å². The smallest absolute Gasteiger partial charge is 0.0690 e. The van der Waals surface area contributed by atoms with Crippen LogP contribution in [0.3, 0.4) is 0 Å². The summed E-state index contributed by atoms with van der Waals surface area (Å²) in [4.78, 5) is 0. The minimum Gasteiger partial charge on any atom is -0.390 e. The number of aliphatic hydroxyl groups is 1. The van der Waals surface area contributed by atoms with Gasteiger partial charge in [-0.25, -0.2) is 0 Å². The van der Waals surface area contributed by atoms with Gasteiger partial charge in [-0.1, -0.05) is 48.5 Å². The van der Waals surface area contributed by atoms with Gasteiger partial charge in [0.1, 0.15) is 0 Å². The van der Waals surface area contributed by atoms with E-state index in [1.807, 2.05) is 6.07 Å². The zero-order chi connectivity index (χ0) is 12.6. The molecule has 18 heavy (non-hydrogen) atoms. The molecule has 0 bridgehead atoms. The third-order valence-corrected chi connectivity index (χ3v) is 3.75. The quantitative estimate of drug-likeness (QED) is 0.863. The summed E-state index contributed by atoms with van der Waals surface area (Å²) in [6, 6.07) is 17.0. The van der Waals surface area contributed by atoms with Crippen LogP contribution in [0.5, 0.6) is 0 Å². The van der Waals surface area contributed by atoms with Crippen LogP contribution in [0.15, 0.2) is 48.5 Å². The molecule has 0 unspecified atom stereocenters. The normalized spacial score (nSPS) is 16.6. The Hall–Kier alpha value is -1.60. The Kier molecular flexibility index (Phi) is 2.71. The highest BCUT2D eigenvalue weighted by molar-refractivity contribution is 5.67. The molecular formula is C17H18O. The third kappa shape index (κ3) is 2.32. The first kappa shape index (κ1) is 11.5. The second kappa shape index (κ2) is 4.25. The number of benzene rings is 2. The van der Waals surface area contributed by atoms with Gasteiger partial charge in [0.05, 0.1) is 5.60 Å². The van der Waals surface area contributed by atoms with Crippen molar-refractivity contribution in [2.45, 2.75) is 31.8 Å². The summed E-state index contributed by atoms with van der Waals surface area (Å²) in [5, 5.41) is 10.0. The SMILES string of the molecule is Cc1ccc(CC2(O)CC2)cc1-c1ccccc1. The molecule has 0 radical (unpaired) electrons. The van der Waals surface area contributed by atoms with Crippen molar-refractivity contribution in [3.05, 3.63) is 59.7 Å². The van der Waals surface area contributed by atoms with Gasteiger partial charge in [0.25, 0.3) is 0 Å². The van der Waals surface area contributed by atoms with E-state index in [1.54, 1.807) is 0 Å². The summed E-state index contributed by atoms with van der Waals surface area (Å²) in [5.41, 5.74) is 4.63. The van der Waals surface area contributed by atoms with Crippen LogP contribution in [0.4, 0.5) is 0 Å². The molecule has 1 heteroatoms. The standard InChI is InChI=1S/C17H18O/c1-13-7-8-14(12-17(18)9-10-17)11-16(13)15-5-3-2-4-6-15/h2-8,11,18H,9-10,12H2,1H3. The molecule has 0 aromatic heterocycles. The van der Waals surface area contributed by atoms with E-state index in [4.69, 9.17) is 0 Å². The van der Waals surface area contributed by atoms with Crippen LogP contribution in [0.2, 0.25) is 0 Å². The van der Waals surface area contributed by atoms with Crippen molar-refractivity contribution in [1.82, 2.24) is 0 Å². The lowest BCUT2D eigenvalue weighted by Crippen LogP contribution is -2.10. The first-order chi connectivity index (χ1) is 8.66. The lowest BCUT2D eigenvalue weighted by molar-refractivity contribution is 0.151. The van der Waals surface area contributed by atoms with Gasteiger partial charge in [0.2, 0.25) is 0 Å². The van der Waals surface area contributed by atoms with Crippen molar-refractivity contribution in [3.8, 4) is 11.1 Å². The third-order valence-electron chi connectivity index (χ3n) is 3.75. The van der Waals surface area contributed by atoms with Crippen LogP contribution in [0, 0.1) is 6.92 Å². The van der Waals surface area contributed by atoms with Gasteiger partial charge in [-0.15, -0.1) is 0 Å². The highest BCUT2D eigenvalue weighted by atomic mass is 16.3. The molecule has 0 spiro atoms. The fourth-order valence-electron chi connectivity index (χ4n) is 2.41. The maximum atomic E-state index is 10.0. The molecule has 1 nitrogen and oxygen atoms in total. The van der Waals surface area contributed by atoms with Crippen LogP contribution in [0.25, 0.3) is 11.1 Å². The summed E-state index contributed by atoms with van der Waals surface area (Å²) in [5.74, 6) is 0. The molecule has 92 valence electrons. The second-order valence-electron chi connectivity index (χ2n) is 5.42. The predicted molar refractivity (Wildman–Crippen MR) is 74.5 cm³/mol. The average molecular weight is 238 g/mol. The Morgan fingerprint density at radius 1 is 1.06 bits per heavy atom. The molecule has 1 saturated carbocycles. The highest BCUT2D eigenvalue weighted by Gasteiger charge is 2.40. The molecule has 3 rings (SSSR count). The van der Waals surface area contributed by atoms with E-state index in [9.17, 15) is 5.11 Å². The van der Waals surface area contributed by atoms with E-state index in [0.29, 0.717) is 0 Å². The van der Waals surface area contributed by atoms with Crippen molar-refractivity contribution in [3.63, 3.8) is 0 Å². The Morgan fingerprint density at radius 2 is 1.78 bits per heavy atom. The summed E-state index contributed by atoms with van der Waals surface area (Å²) >= 11 is 0. The van der Waals surface area contributed by atoms with E-state index in [-0.39, 0.29) is 0 Å². The summed E-state index contributed by atoms with van der Waals surface area (Å²) in [6.45, 7) is 2.14. The lowest BCUT2D eigenvalue weighted by Gasteiger charge is -2.12. The molecular weight excluding hydrogens is 220 g/mol. The molecule has 0 saturated heterocycles. The van der Waals surface area contributed by atoms with Crippen molar-refractivity contribution in [2.24, 2.45) is 0 Å². The van der Waals surface area contributed by atoms with Crippen LogP contribution >= 0.6 is 0 Å². The average Bonchev–Trinajstić information content (AvgIpc) is 3.11. The van der Waals surface area contributed by atoms with Gasteiger partial charge in [0.15, 0.2) is 0 Å². The number of hydrogen-bond acceptors (Lipinski definition) is 1. The van der Waals surface area contributed by atoms with Gasteiger partial charge in [-0.3, -0.25) is 0 Å². The minimum absolute atomic E-state index is 0.413. The summed E-state index contributed by atoms with van der Waals surface area (Å²) in [7, 11) is 0. The number of rotatable bonds is 3. The van der Waals surface area contributed by atoms with Gasteiger partial charge in [-0.2, -0.15) is 0 Å². The van der Waals surface area contributed by atoms with Crippen LogP contribution in [-0.2, 0) is 6.42 Å². The first-order valence-corrected chi connectivity index (χ1v) is 6.54. The van der Waals surface area contributed by atoms with Crippen LogP contribution in [0.1, 0.15) is 24.0 Å². The van der Waals surface area contributed by atoms with Crippen LogP contribution in [-0.4, -0.2) is 10.7 Å². The van der Waals surface area contributed by atoms with Gasteiger partial charge >= 0.3 is 0 Å². The lowest BCUT2D eigenvalue weighted by atomic mass is 9.96. The predicted octanol–water partition coefficient (Wildman–Crippen LogP) is 3.73. The first-order valence-electron chi connectivity index (χ1n) is 6.54. The molecule has 0 aliphatic heterocycles. The number of hydrogen-bond donors (Lipinski definition) is 1. The topological polar surface area (TPSA) is 20.2 Å². The summed E-state index contributed by atoms with van der Waals surface area (Å²) < 4.78 is 0. The highest BCUT2D eigenvalue weighted by Crippen LogP contribution is 2.39. The Morgan fingerprint density at radius 3 is 2.44 bits per heavy atom. The molecule has 1 N–H and O–H groups in total. The van der Waals surface area contributed by atoms with E-state index in [1.165, 1.54) is 22.3 Å². The second-order valence-corrected chi connectivity index (χ2v) is 5.42. The zero-order valence-corrected chi connectivity index (χ0v) is 10.7. The van der Waals surface area contributed by atoms with Gasteiger partial charge in [0, 0.05) is 6.42 Å². The van der Waals surface area contributed by atoms with Crippen molar-refractivity contribution in [1.29, 1.82) is 0 Å². The van der Waals surface area contributed by atoms with Gasteiger partial charge in [-0.05, 0) is 42.0 Å². The Bertz CT molecular complexity index is 553. The van der Waals surface area contributed by atoms with E-state index in [0.717, 1.165) is 19.3 Å². The van der Waals surface area contributed by atoms with E-state index >= 15 is 0 Å². The maximum absolute atomic E-state index is 10.0. The van der Waals surface area contributed by atoms with Crippen molar-refractivity contribution < 1.29 is 5.11 Å². The fraction of sp³-hybridized carbons (Fsp3) is 0.294. The fourth-order valence-corrected chi connectivity index (χ4v) is 2.41. The zero-order valence-electron chi connectivity index (χ0n) is 10.7. The number of aryl methyl sites for hydroxylation is 1. The molecule has 1 aliphatic carbocycles. The molecule has 1 aliphatic rings. The molecule has 2 aromatic carbocycles. The molecule has 0 amide bonds. The minimum atomic E-state index is -0.413. The van der Waals surface area contributed by atoms with Gasteiger partial charge < -0.3 is 5.11 Å². The molecule has 1 fully saturated rings. The Labute approximate surface area is 108 Å². The monoisotopic (exact) mass is 238 g/mol. The van der Waals surface area contributed by atoms with Crippen molar-refractivity contribution in [2.75, 3.05) is 0 Å². The van der Waals surface area contributed by atoms with E-state index in [2.05, 4.69) is 49.4 Å². The molecule has 0 heterocycles. The largest absolute Gasteiger partial charge is 0.390 e. The summed E-state index contributed by atoms with van der Waals surface area (Å²) in [6.07, 6.45) is 2.68. The Balaban J connectivity index is 1.96. The maximum Gasteiger partial charge on any atom is 0.0690 e. The van der Waals surface area contributed by atoms with E-state index < -0.39 is 5.60 Å². The molecule has 0 atom stereocenters.